The van der Waals surface area contributed by atoms with Gasteiger partial charge in [0.15, 0.2) is 0 Å². The first kappa shape index (κ1) is 11.7. The van der Waals surface area contributed by atoms with Gasteiger partial charge in [-0.25, -0.2) is 9.37 Å². The lowest BCUT2D eigenvalue weighted by Crippen LogP contribution is -1.99. The third kappa shape index (κ3) is 2.68. The van der Waals surface area contributed by atoms with Crippen LogP contribution in [-0.2, 0) is 0 Å². The van der Waals surface area contributed by atoms with Gasteiger partial charge >= 0.3 is 0 Å². The maximum absolute atomic E-state index is 13.3. The highest BCUT2D eigenvalue weighted by molar-refractivity contribution is 9.10. The van der Waals surface area contributed by atoms with Crippen molar-refractivity contribution in [2.24, 2.45) is 0 Å². The molecule has 4 nitrogen and oxygen atoms in total. The van der Waals surface area contributed by atoms with E-state index in [1.54, 1.807) is 0 Å². The molecule has 2 aromatic rings. The zero-order chi connectivity index (χ0) is 12.4. The first-order chi connectivity index (χ1) is 8.06. The molecular weight excluding hydrogens is 296 g/mol. The summed E-state index contributed by atoms with van der Waals surface area (Å²) in [5.74, 6) is -1.39. The van der Waals surface area contributed by atoms with Crippen molar-refractivity contribution in [1.82, 2.24) is 9.97 Å². The van der Waals surface area contributed by atoms with Crippen LogP contribution in [0.4, 0.5) is 14.7 Å². The molecule has 0 bridgehead atoms. The first-order valence-corrected chi connectivity index (χ1v) is 5.26. The third-order valence-electron chi connectivity index (χ3n) is 1.83. The Hall–Kier alpha value is -1.76. The van der Waals surface area contributed by atoms with E-state index >= 15 is 0 Å². The molecule has 88 valence electrons. The van der Waals surface area contributed by atoms with E-state index in [1.165, 1.54) is 18.2 Å². The minimum absolute atomic E-state index is 0.111. The molecule has 0 aliphatic heterocycles. The molecule has 1 aromatic heterocycles. The Bertz CT molecular complexity index is 565. The van der Waals surface area contributed by atoms with Crippen LogP contribution in [0, 0.1) is 11.6 Å². The van der Waals surface area contributed by atoms with Gasteiger partial charge in [0.05, 0.1) is 10.7 Å². The smallest absolute Gasteiger partial charge is 0.260 e. The van der Waals surface area contributed by atoms with E-state index in [9.17, 15) is 8.78 Å². The number of hydrogen-bond acceptors (Lipinski definition) is 4. The van der Waals surface area contributed by atoms with Crippen LogP contribution in [-0.4, -0.2) is 9.97 Å². The molecule has 0 amide bonds. The van der Waals surface area contributed by atoms with Gasteiger partial charge in [0.2, 0.25) is 11.8 Å². The van der Waals surface area contributed by atoms with E-state index in [4.69, 9.17) is 10.5 Å². The molecule has 1 aromatic carbocycles. The molecule has 0 aliphatic carbocycles. The van der Waals surface area contributed by atoms with Gasteiger partial charge in [0, 0.05) is 0 Å². The van der Waals surface area contributed by atoms with Gasteiger partial charge in [-0.3, -0.25) is 0 Å². The first-order valence-electron chi connectivity index (χ1n) is 4.47. The quantitative estimate of drug-likeness (QED) is 0.926. The summed E-state index contributed by atoms with van der Waals surface area (Å²) in [5.41, 5.74) is 5.30. The molecule has 0 aliphatic rings. The highest BCUT2D eigenvalue weighted by Crippen LogP contribution is 2.30. The van der Waals surface area contributed by atoms with Gasteiger partial charge in [0.1, 0.15) is 11.6 Å². The molecule has 2 N–H and O–H groups in total. The van der Waals surface area contributed by atoms with Gasteiger partial charge in [-0.05, 0) is 34.1 Å². The van der Waals surface area contributed by atoms with Crippen LogP contribution in [0.5, 0.6) is 11.6 Å². The number of benzene rings is 1. The predicted octanol–water partition coefficient (Wildman–Crippen LogP) is 2.89. The van der Waals surface area contributed by atoms with Crippen LogP contribution in [0.1, 0.15) is 0 Å². The normalized spacial score (nSPS) is 10.3. The van der Waals surface area contributed by atoms with Gasteiger partial charge in [-0.15, -0.1) is 0 Å². The number of nitrogen functional groups attached to an aromatic ring is 1. The van der Waals surface area contributed by atoms with Crippen molar-refractivity contribution in [2.45, 2.75) is 0 Å². The number of halogens is 3. The van der Waals surface area contributed by atoms with E-state index in [0.29, 0.717) is 4.47 Å². The fraction of sp³-hybridized carbons (Fsp3) is 0. The number of ether oxygens (including phenoxy) is 1. The summed E-state index contributed by atoms with van der Waals surface area (Å²) in [6.45, 7) is 0. The highest BCUT2D eigenvalue weighted by atomic mass is 79.9. The summed E-state index contributed by atoms with van der Waals surface area (Å²) in [6, 6.07) is 3.72. The Labute approximate surface area is 104 Å². The molecule has 1 heterocycles. The van der Waals surface area contributed by atoms with Crippen molar-refractivity contribution in [3.8, 4) is 11.6 Å². The molecule has 2 rings (SSSR count). The van der Waals surface area contributed by atoms with E-state index in [-0.39, 0.29) is 17.6 Å². The number of hydrogen-bond donors (Lipinski definition) is 1. The Balaban J connectivity index is 2.34. The molecule has 7 heteroatoms. The third-order valence-corrected chi connectivity index (χ3v) is 2.45. The lowest BCUT2D eigenvalue weighted by Gasteiger charge is -2.07. The predicted molar refractivity (Wildman–Crippen MR) is 60.6 cm³/mol. The lowest BCUT2D eigenvalue weighted by molar-refractivity contribution is 0.418. The van der Waals surface area contributed by atoms with E-state index in [1.807, 2.05) is 0 Å². The second-order valence-electron chi connectivity index (χ2n) is 3.06. The van der Waals surface area contributed by atoms with Gasteiger partial charge in [-0.2, -0.15) is 9.37 Å². The summed E-state index contributed by atoms with van der Waals surface area (Å²) in [5, 5.41) is 0. The summed E-state index contributed by atoms with van der Waals surface area (Å²) in [6.07, 6.45) is 0.898. The fourth-order valence-corrected chi connectivity index (χ4v) is 1.53. The summed E-state index contributed by atoms with van der Waals surface area (Å²) in [7, 11) is 0. The molecule has 0 spiro atoms. The van der Waals surface area contributed by atoms with Crippen molar-refractivity contribution in [3.05, 3.63) is 40.5 Å². The summed E-state index contributed by atoms with van der Waals surface area (Å²) < 4.78 is 31.6. The van der Waals surface area contributed by atoms with Gasteiger partial charge < -0.3 is 10.5 Å². The van der Waals surface area contributed by atoms with Gasteiger partial charge in [0.25, 0.3) is 5.88 Å². The Morgan fingerprint density at radius 3 is 2.76 bits per heavy atom. The van der Waals surface area contributed by atoms with Crippen molar-refractivity contribution in [1.29, 1.82) is 0 Å². The zero-order valence-electron chi connectivity index (χ0n) is 8.32. The van der Waals surface area contributed by atoms with Crippen LogP contribution in [0.15, 0.2) is 28.9 Å². The van der Waals surface area contributed by atoms with Crippen molar-refractivity contribution in [2.75, 3.05) is 5.73 Å². The second kappa shape index (κ2) is 4.62. The molecule has 0 radical (unpaired) electrons. The molecule has 17 heavy (non-hydrogen) atoms. The zero-order valence-corrected chi connectivity index (χ0v) is 9.91. The Morgan fingerprint density at radius 2 is 2.06 bits per heavy atom. The number of anilines is 1. The molecule has 0 unspecified atom stereocenters. The van der Waals surface area contributed by atoms with Crippen LogP contribution < -0.4 is 10.5 Å². The van der Waals surface area contributed by atoms with Crippen LogP contribution in [0.2, 0.25) is 0 Å². The number of nitrogens with zero attached hydrogens (tertiary/aromatic N) is 2. The minimum atomic E-state index is -0.754. The van der Waals surface area contributed by atoms with Crippen molar-refractivity contribution >= 4 is 21.9 Å². The number of aromatic nitrogens is 2. The second-order valence-corrected chi connectivity index (χ2v) is 3.91. The lowest BCUT2D eigenvalue weighted by atomic mass is 10.3. The van der Waals surface area contributed by atoms with Crippen LogP contribution >= 0.6 is 15.9 Å². The maximum atomic E-state index is 13.3. The Morgan fingerprint density at radius 1 is 1.29 bits per heavy atom. The molecular formula is C10H6BrF2N3O. The average Bonchev–Trinajstić information content (AvgIpc) is 2.27. The maximum Gasteiger partial charge on any atom is 0.260 e. The standard InChI is InChI=1S/C10H6BrF2N3O/c11-6-3-5(12)1-2-8(6)17-9-7(13)4-15-10(14)16-9/h1-4H,(H2,14,15,16). The van der Waals surface area contributed by atoms with Gasteiger partial charge in [-0.1, -0.05) is 0 Å². The van der Waals surface area contributed by atoms with Crippen LogP contribution in [0.25, 0.3) is 0 Å². The van der Waals surface area contributed by atoms with Crippen molar-refractivity contribution in [3.63, 3.8) is 0 Å². The monoisotopic (exact) mass is 301 g/mol. The minimum Gasteiger partial charge on any atom is -0.435 e. The fourth-order valence-electron chi connectivity index (χ4n) is 1.10. The SMILES string of the molecule is Nc1ncc(F)c(Oc2ccc(F)cc2Br)n1. The van der Waals surface area contributed by atoms with E-state index in [0.717, 1.165) is 6.20 Å². The number of rotatable bonds is 2. The van der Waals surface area contributed by atoms with E-state index < -0.39 is 11.6 Å². The van der Waals surface area contributed by atoms with E-state index in [2.05, 4.69) is 25.9 Å². The molecule has 0 atom stereocenters. The number of nitrogens with two attached hydrogens (primary N) is 1. The largest absolute Gasteiger partial charge is 0.435 e. The molecule has 0 fully saturated rings. The van der Waals surface area contributed by atoms with Crippen LogP contribution in [0.3, 0.4) is 0 Å². The average molecular weight is 302 g/mol. The highest BCUT2D eigenvalue weighted by Gasteiger charge is 2.10. The summed E-state index contributed by atoms with van der Waals surface area (Å²) >= 11 is 3.09. The molecule has 0 saturated carbocycles. The topological polar surface area (TPSA) is 61.0 Å². The Kier molecular flexibility index (Phi) is 3.19. The summed E-state index contributed by atoms with van der Waals surface area (Å²) in [4.78, 5) is 7.04. The van der Waals surface area contributed by atoms with Crippen molar-refractivity contribution < 1.29 is 13.5 Å². The molecule has 0 saturated heterocycles.